The molecule has 24 heavy (non-hydrogen) atoms. The van der Waals surface area contributed by atoms with Crippen molar-refractivity contribution in [2.24, 2.45) is 0 Å². The minimum atomic E-state index is -4.25. The van der Waals surface area contributed by atoms with Crippen molar-refractivity contribution >= 4 is 21.4 Å². The van der Waals surface area contributed by atoms with E-state index in [-0.39, 0.29) is 22.8 Å². The Labute approximate surface area is 137 Å². The number of sulfonamides is 1. The Morgan fingerprint density at radius 1 is 1.17 bits per heavy atom. The van der Waals surface area contributed by atoms with E-state index >= 15 is 0 Å². The van der Waals surface area contributed by atoms with Crippen molar-refractivity contribution in [3.8, 4) is 0 Å². The summed E-state index contributed by atoms with van der Waals surface area (Å²) in [5.41, 5.74) is -0.385. The number of nitro groups is 1. The molecule has 0 aromatic heterocycles. The highest BCUT2D eigenvalue weighted by molar-refractivity contribution is 7.92. The molecule has 2 aromatic carbocycles. The van der Waals surface area contributed by atoms with Crippen LogP contribution in [0, 0.1) is 28.7 Å². The summed E-state index contributed by atoms with van der Waals surface area (Å²) in [6.45, 7) is 2.82. The third-order valence-electron chi connectivity index (χ3n) is 3.43. The van der Waals surface area contributed by atoms with E-state index in [0.717, 1.165) is 22.5 Å². The van der Waals surface area contributed by atoms with Crippen molar-refractivity contribution in [2.45, 2.75) is 18.7 Å². The number of nitro benzene ring substituents is 1. The normalized spacial score (nSPS) is 11.3. The van der Waals surface area contributed by atoms with Crippen LogP contribution in [-0.4, -0.2) is 19.9 Å². The topological polar surface area (TPSA) is 80.5 Å². The molecule has 0 aliphatic heterocycles. The second-order valence-electron chi connectivity index (χ2n) is 4.97. The van der Waals surface area contributed by atoms with Gasteiger partial charge in [-0.3, -0.25) is 14.4 Å². The molecule has 0 bridgehead atoms. The molecule has 0 fully saturated rings. The van der Waals surface area contributed by atoms with E-state index in [1.54, 1.807) is 0 Å². The van der Waals surface area contributed by atoms with E-state index < -0.39 is 26.6 Å². The predicted octanol–water partition coefficient (Wildman–Crippen LogP) is 3.40. The summed E-state index contributed by atoms with van der Waals surface area (Å²) in [6, 6.07) is 5.96. The lowest BCUT2D eigenvalue weighted by Crippen LogP contribution is -2.31. The van der Waals surface area contributed by atoms with Gasteiger partial charge >= 0.3 is 0 Å². The second kappa shape index (κ2) is 6.52. The van der Waals surface area contributed by atoms with E-state index in [9.17, 15) is 27.3 Å². The van der Waals surface area contributed by atoms with Crippen molar-refractivity contribution in [1.29, 1.82) is 0 Å². The SMILES string of the molecule is CCN(c1ccc(F)cc1F)S(=O)(=O)c1ccc(C)c([N+](=O)[O-])c1. The van der Waals surface area contributed by atoms with Gasteiger partial charge in [0.05, 0.1) is 15.5 Å². The summed E-state index contributed by atoms with van der Waals surface area (Å²) < 4.78 is 53.2. The molecule has 0 radical (unpaired) electrons. The maximum Gasteiger partial charge on any atom is 0.273 e. The van der Waals surface area contributed by atoms with Gasteiger partial charge in [0.1, 0.15) is 11.6 Å². The molecular formula is C15H14F2N2O4S. The van der Waals surface area contributed by atoms with Gasteiger partial charge in [-0.25, -0.2) is 17.2 Å². The van der Waals surface area contributed by atoms with Crippen molar-refractivity contribution in [2.75, 3.05) is 10.8 Å². The number of anilines is 1. The Morgan fingerprint density at radius 3 is 2.38 bits per heavy atom. The van der Waals surface area contributed by atoms with Gasteiger partial charge in [-0.1, -0.05) is 6.07 Å². The number of halogens is 2. The summed E-state index contributed by atoms with van der Waals surface area (Å²) in [4.78, 5) is 9.96. The summed E-state index contributed by atoms with van der Waals surface area (Å²) in [6.07, 6.45) is 0. The standard InChI is InChI=1S/C15H14F2N2O4S/c1-3-18(14-7-5-11(16)8-13(14)17)24(22,23)12-6-4-10(2)15(9-12)19(20)21/h4-9H,3H2,1-2H3. The van der Waals surface area contributed by atoms with Gasteiger partial charge in [-0.2, -0.15) is 0 Å². The summed E-state index contributed by atoms with van der Waals surface area (Å²) in [5.74, 6) is -1.88. The second-order valence-corrected chi connectivity index (χ2v) is 6.83. The van der Waals surface area contributed by atoms with Crippen molar-refractivity contribution in [3.63, 3.8) is 0 Å². The van der Waals surface area contributed by atoms with Crippen LogP contribution in [0.1, 0.15) is 12.5 Å². The van der Waals surface area contributed by atoms with Gasteiger partial charge in [-0.05, 0) is 32.0 Å². The van der Waals surface area contributed by atoms with Crippen LogP contribution in [0.3, 0.4) is 0 Å². The van der Waals surface area contributed by atoms with Crippen molar-refractivity contribution < 1.29 is 22.1 Å². The largest absolute Gasteiger partial charge is 0.273 e. The molecule has 2 rings (SSSR count). The average Bonchev–Trinajstić information content (AvgIpc) is 2.49. The Kier molecular flexibility index (Phi) is 4.83. The first kappa shape index (κ1) is 17.8. The van der Waals surface area contributed by atoms with E-state index in [1.807, 2.05) is 0 Å². The third-order valence-corrected chi connectivity index (χ3v) is 5.32. The zero-order valence-electron chi connectivity index (χ0n) is 12.9. The monoisotopic (exact) mass is 356 g/mol. The van der Waals surface area contributed by atoms with Crippen LogP contribution in [0.15, 0.2) is 41.3 Å². The van der Waals surface area contributed by atoms with Crippen LogP contribution < -0.4 is 4.31 Å². The van der Waals surface area contributed by atoms with Crippen LogP contribution >= 0.6 is 0 Å². The van der Waals surface area contributed by atoms with Gasteiger partial charge in [0.15, 0.2) is 0 Å². The lowest BCUT2D eigenvalue weighted by Gasteiger charge is -2.23. The molecule has 0 aliphatic carbocycles. The maximum absolute atomic E-state index is 14.0. The molecule has 128 valence electrons. The molecule has 0 atom stereocenters. The summed E-state index contributed by atoms with van der Waals surface area (Å²) in [5, 5.41) is 11.0. The van der Waals surface area contributed by atoms with Crippen LogP contribution in [0.4, 0.5) is 20.2 Å². The van der Waals surface area contributed by atoms with E-state index in [4.69, 9.17) is 0 Å². The van der Waals surface area contributed by atoms with E-state index in [1.165, 1.54) is 26.0 Å². The minimum Gasteiger partial charge on any atom is -0.264 e. The molecule has 0 heterocycles. The highest BCUT2D eigenvalue weighted by Crippen LogP contribution is 2.29. The zero-order chi connectivity index (χ0) is 18.1. The van der Waals surface area contributed by atoms with Crippen LogP contribution in [-0.2, 0) is 10.0 Å². The average molecular weight is 356 g/mol. The number of aryl methyl sites for hydroxylation is 1. The highest BCUT2D eigenvalue weighted by Gasteiger charge is 2.28. The lowest BCUT2D eigenvalue weighted by atomic mass is 10.2. The van der Waals surface area contributed by atoms with E-state index in [0.29, 0.717) is 11.6 Å². The lowest BCUT2D eigenvalue weighted by molar-refractivity contribution is -0.385. The Morgan fingerprint density at radius 2 is 1.83 bits per heavy atom. The molecule has 6 nitrogen and oxygen atoms in total. The molecule has 0 unspecified atom stereocenters. The Hall–Kier alpha value is -2.55. The maximum atomic E-state index is 14.0. The van der Waals surface area contributed by atoms with Gasteiger partial charge in [0.25, 0.3) is 15.7 Å². The number of nitrogens with zero attached hydrogens (tertiary/aromatic N) is 2. The van der Waals surface area contributed by atoms with Crippen LogP contribution in [0.25, 0.3) is 0 Å². The fraction of sp³-hybridized carbons (Fsp3) is 0.200. The number of rotatable bonds is 5. The van der Waals surface area contributed by atoms with E-state index in [2.05, 4.69) is 0 Å². The molecule has 0 amide bonds. The van der Waals surface area contributed by atoms with Crippen molar-refractivity contribution in [1.82, 2.24) is 0 Å². The van der Waals surface area contributed by atoms with Crippen molar-refractivity contribution in [3.05, 3.63) is 63.7 Å². The fourth-order valence-electron chi connectivity index (χ4n) is 2.23. The Balaban J connectivity index is 2.59. The number of hydrogen-bond acceptors (Lipinski definition) is 4. The highest BCUT2D eigenvalue weighted by atomic mass is 32.2. The van der Waals surface area contributed by atoms with Crippen LogP contribution in [0.2, 0.25) is 0 Å². The number of hydrogen-bond donors (Lipinski definition) is 0. The number of benzene rings is 2. The minimum absolute atomic E-state index is 0.132. The zero-order valence-corrected chi connectivity index (χ0v) is 13.7. The summed E-state index contributed by atoms with van der Waals surface area (Å²) >= 11 is 0. The quantitative estimate of drug-likeness (QED) is 0.607. The Bertz CT molecular complexity index is 900. The molecule has 0 aliphatic rings. The van der Waals surface area contributed by atoms with Gasteiger partial charge in [-0.15, -0.1) is 0 Å². The predicted molar refractivity (Wildman–Crippen MR) is 84.4 cm³/mol. The first-order chi connectivity index (χ1) is 11.2. The molecule has 9 heteroatoms. The molecule has 0 saturated carbocycles. The van der Waals surface area contributed by atoms with Gasteiger partial charge in [0, 0.05) is 24.2 Å². The summed E-state index contributed by atoms with van der Waals surface area (Å²) in [7, 11) is -4.25. The van der Waals surface area contributed by atoms with Gasteiger partial charge in [0.2, 0.25) is 0 Å². The molecular weight excluding hydrogens is 342 g/mol. The smallest absolute Gasteiger partial charge is 0.264 e. The molecule has 0 N–H and O–H groups in total. The molecule has 2 aromatic rings. The van der Waals surface area contributed by atoms with Gasteiger partial charge < -0.3 is 0 Å². The van der Waals surface area contributed by atoms with Crippen LogP contribution in [0.5, 0.6) is 0 Å². The molecule has 0 saturated heterocycles. The molecule has 0 spiro atoms. The first-order valence-electron chi connectivity index (χ1n) is 6.91. The fourth-order valence-corrected chi connectivity index (χ4v) is 3.73. The first-order valence-corrected chi connectivity index (χ1v) is 8.35. The third kappa shape index (κ3) is 3.21.